The summed E-state index contributed by atoms with van der Waals surface area (Å²) in [5.41, 5.74) is 4.24. The van der Waals surface area contributed by atoms with E-state index in [4.69, 9.17) is 4.84 Å². The molecule has 6 rings (SSSR count). The summed E-state index contributed by atoms with van der Waals surface area (Å²) < 4.78 is 37.1. The molecule has 2 aromatic rings. The summed E-state index contributed by atoms with van der Waals surface area (Å²) >= 11 is 0. The van der Waals surface area contributed by atoms with E-state index in [1.54, 1.807) is 0 Å². The Balaban J connectivity index is 1.17. The molecule has 2 fully saturated rings. The van der Waals surface area contributed by atoms with E-state index in [0.717, 1.165) is 40.3 Å². The molecule has 3 unspecified atom stereocenters. The van der Waals surface area contributed by atoms with Crippen molar-refractivity contribution in [3.8, 4) is 0 Å². The second-order valence-electron chi connectivity index (χ2n) is 17.9. The van der Waals surface area contributed by atoms with Crippen LogP contribution < -0.4 is 15.5 Å². The molecule has 0 spiro atoms. The summed E-state index contributed by atoms with van der Waals surface area (Å²) in [6.45, 7) is 11.4. The predicted octanol–water partition coefficient (Wildman–Crippen LogP) is 3.95. The van der Waals surface area contributed by atoms with Crippen LogP contribution in [0.1, 0.15) is 84.3 Å². The normalized spacial score (nSPS) is 23.5. The number of nitrogens with one attached hydrogen (secondary N) is 2. The number of benzene rings is 2. The van der Waals surface area contributed by atoms with Gasteiger partial charge in [-0.3, -0.25) is 29.0 Å². The molecule has 3 amide bonds. The number of unbranched alkanes of at least 4 members (excludes halogenated alkanes) is 2. The molecule has 2 aromatic carbocycles. The van der Waals surface area contributed by atoms with Crippen molar-refractivity contribution in [1.82, 2.24) is 20.6 Å². The van der Waals surface area contributed by atoms with Crippen LogP contribution in [0.25, 0.3) is 0 Å². The van der Waals surface area contributed by atoms with Crippen molar-refractivity contribution in [3.63, 3.8) is 0 Å². The number of fused-ring (bicyclic) bond motifs is 2. The van der Waals surface area contributed by atoms with Gasteiger partial charge in [-0.15, -0.1) is 5.06 Å². The van der Waals surface area contributed by atoms with Crippen molar-refractivity contribution in [3.05, 3.63) is 83.1 Å². The van der Waals surface area contributed by atoms with Crippen molar-refractivity contribution in [2.45, 2.75) is 96.1 Å². The number of hydroxylamine groups is 2. The van der Waals surface area contributed by atoms with E-state index >= 15 is 0 Å². The molecule has 1 saturated heterocycles. The van der Waals surface area contributed by atoms with E-state index in [-0.39, 0.29) is 31.6 Å². The Morgan fingerprint density at radius 1 is 0.951 bits per heavy atom. The summed E-state index contributed by atoms with van der Waals surface area (Å²) in [6, 6.07) is 13.9. The van der Waals surface area contributed by atoms with Gasteiger partial charge in [0.25, 0.3) is 21.9 Å². The number of rotatable bonds is 17. The first-order chi connectivity index (χ1) is 28.6. The smallest absolute Gasteiger partial charge is 0.333 e. The number of allylic oxidation sites excluding steroid dienone is 2. The van der Waals surface area contributed by atoms with Crippen LogP contribution >= 0.6 is 0 Å². The van der Waals surface area contributed by atoms with Crippen molar-refractivity contribution in [2.24, 2.45) is 5.41 Å². The number of hydrogen-bond donors (Lipinski definition) is 3. The second-order valence-corrected chi connectivity index (χ2v) is 19.4. The van der Waals surface area contributed by atoms with E-state index in [1.807, 2.05) is 81.5 Å². The number of ketones is 1. The molecule has 0 aromatic heterocycles. The number of likely N-dealkylation sites (N-methyl/N-ethyl adjacent to an activating group) is 2. The molecular formula is C45H59N6O9S+. The fourth-order valence-corrected chi connectivity index (χ4v) is 9.85. The number of Topliss-reactive ketones (excluding diaryl/α,β-unsaturated/α-hetero) is 1. The van der Waals surface area contributed by atoms with Crippen LogP contribution in [-0.4, -0.2) is 121 Å². The van der Waals surface area contributed by atoms with Gasteiger partial charge in [-0.05, 0) is 64.9 Å². The SMILES string of the molecule is CN(CCCCCC(=O)ON1C(=O)CCC1=O)CCNC(=O)C(CS(=O)(=O)O)NC1/C(=C/C2=[N+](C)c3ccccc3C2(C)C)C(=O)C1(C)/C=C1/N(C)c2ccccc2C1(C)C. The number of anilines is 1. The van der Waals surface area contributed by atoms with Crippen LogP contribution in [0, 0.1) is 5.41 Å². The summed E-state index contributed by atoms with van der Waals surface area (Å²) in [5, 5.41) is 6.62. The summed E-state index contributed by atoms with van der Waals surface area (Å²) in [6.07, 6.45) is 5.84. The highest BCUT2D eigenvalue weighted by Crippen LogP contribution is 2.52. The fraction of sp³-hybridized carbons (Fsp3) is 0.511. The third-order valence-electron chi connectivity index (χ3n) is 12.7. The monoisotopic (exact) mass is 859 g/mol. The Labute approximate surface area is 358 Å². The van der Waals surface area contributed by atoms with Gasteiger partial charge >= 0.3 is 5.97 Å². The summed E-state index contributed by atoms with van der Waals surface area (Å²) in [4.78, 5) is 73.0. The second kappa shape index (κ2) is 17.4. The minimum Gasteiger partial charge on any atom is -0.353 e. The van der Waals surface area contributed by atoms with Crippen LogP contribution in [0.2, 0.25) is 0 Å². The molecule has 16 heteroatoms. The van der Waals surface area contributed by atoms with Crippen molar-refractivity contribution in [1.29, 1.82) is 0 Å². The highest BCUT2D eigenvalue weighted by molar-refractivity contribution is 7.85. The van der Waals surface area contributed by atoms with E-state index < -0.39 is 67.9 Å². The minimum atomic E-state index is -4.66. The average Bonchev–Trinajstić information content (AvgIpc) is 3.69. The maximum absolute atomic E-state index is 14.7. The van der Waals surface area contributed by atoms with Gasteiger partial charge < -0.3 is 20.0 Å². The molecule has 0 bridgehead atoms. The predicted molar refractivity (Wildman–Crippen MR) is 231 cm³/mol. The highest BCUT2D eigenvalue weighted by atomic mass is 32.2. The Morgan fingerprint density at radius 2 is 1.59 bits per heavy atom. The minimum absolute atomic E-state index is 0.0348. The lowest BCUT2D eigenvalue weighted by molar-refractivity contribution is -0.401. The number of hydrogen-bond acceptors (Lipinski definition) is 11. The standard InChI is InChI=1S/C45H58N6O9S/c1-43(2)30-16-11-13-18-33(30)49(7)35(43)26-29-40(45(5,41(29)55)27-36-44(3,4)31-17-12-14-19-34(31)50(36)8)47-32(28-61(57,58)59)42(56)46-23-25-48(6)24-15-9-10-20-39(54)60-51-37(52)21-22-38(51)53/h11-14,16-19,26-27,32,40,47H,9-10,15,20-25,28H2,1-8H3,(H-,46,56,57,58,59)/p+1/b29-26-,36-27+. The number of carbonyl (C=O) groups excluding carboxylic acids is 5. The van der Waals surface area contributed by atoms with Gasteiger partial charge in [-0.2, -0.15) is 13.0 Å². The quantitative estimate of drug-likeness (QED) is 0.0686. The highest BCUT2D eigenvalue weighted by Gasteiger charge is 2.58. The Hall–Kier alpha value is -5.03. The van der Waals surface area contributed by atoms with Gasteiger partial charge in [0.05, 0.1) is 22.6 Å². The molecule has 1 saturated carbocycles. The van der Waals surface area contributed by atoms with Gasteiger partial charge in [0.2, 0.25) is 11.6 Å². The Morgan fingerprint density at radius 3 is 2.23 bits per heavy atom. The molecular weight excluding hydrogens is 801 g/mol. The molecule has 0 radical (unpaired) electrons. The first-order valence-corrected chi connectivity index (χ1v) is 22.5. The third kappa shape index (κ3) is 9.13. The van der Waals surface area contributed by atoms with Crippen molar-refractivity contribution in [2.75, 3.05) is 51.4 Å². The van der Waals surface area contributed by atoms with Crippen LogP contribution in [-0.2, 0) is 49.8 Å². The van der Waals surface area contributed by atoms with Crippen molar-refractivity contribution < 1.29 is 46.4 Å². The maximum Gasteiger partial charge on any atom is 0.333 e. The maximum atomic E-state index is 14.7. The van der Waals surface area contributed by atoms with E-state index in [9.17, 15) is 36.9 Å². The van der Waals surface area contributed by atoms with Crippen LogP contribution in [0.5, 0.6) is 0 Å². The molecule has 3 aliphatic heterocycles. The van der Waals surface area contributed by atoms with Gasteiger partial charge in [0.1, 0.15) is 13.1 Å². The van der Waals surface area contributed by atoms with Gasteiger partial charge in [-0.1, -0.05) is 56.7 Å². The topological polar surface area (TPSA) is 186 Å². The molecule has 4 aliphatic rings. The van der Waals surface area contributed by atoms with Gasteiger partial charge in [0, 0.05) is 79.5 Å². The number of amides is 3. The molecule has 3 atom stereocenters. The van der Waals surface area contributed by atoms with Crippen molar-refractivity contribution >= 4 is 56.7 Å². The zero-order chi connectivity index (χ0) is 44.7. The van der Waals surface area contributed by atoms with E-state index in [0.29, 0.717) is 36.6 Å². The number of carbonyl (C=O) groups is 5. The lowest BCUT2D eigenvalue weighted by atomic mass is 9.59. The zero-order valence-corrected chi connectivity index (χ0v) is 37.2. The first kappa shape index (κ1) is 45.5. The fourth-order valence-electron chi connectivity index (χ4n) is 9.18. The molecule has 3 heterocycles. The molecule has 3 N–H and O–H groups in total. The lowest BCUT2D eigenvalue weighted by Crippen LogP contribution is -2.66. The molecule has 61 heavy (non-hydrogen) atoms. The molecule has 1 aliphatic carbocycles. The molecule has 15 nitrogen and oxygen atoms in total. The summed E-state index contributed by atoms with van der Waals surface area (Å²) in [5.74, 6) is -3.39. The molecule has 328 valence electrons. The average molecular weight is 860 g/mol. The number of para-hydroxylation sites is 2. The lowest BCUT2D eigenvalue weighted by Gasteiger charge is -2.48. The van der Waals surface area contributed by atoms with Gasteiger partial charge in [0.15, 0.2) is 11.5 Å². The first-order valence-electron chi connectivity index (χ1n) is 20.9. The van der Waals surface area contributed by atoms with Crippen LogP contribution in [0.15, 0.2) is 72.0 Å². The Bertz CT molecular complexity index is 2320. The third-order valence-corrected chi connectivity index (χ3v) is 13.5. The summed E-state index contributed by atoms with van der Waals surface area (Å²) in [7, 11) is 1.12. The zero-order valence-electron chi connectivity index (χ0n) is 36.4. The Kier molecular flexibility index (Phi) is 13.0. The van der Waals surface area contributed by atoms with E-state index in [2.05, 4.69) is 59.9 Å². The number of imide groups is 1. The van der Waals surface area contributed by atoms with Gasteiger partial charge in [-0.25, -0.2) is 4.79 Å². The largest absolute Gasteiger partial charge is 0.353 e. The van der Waals surface area contributed by atoms with E-state index in [1.165, 1.54) is 0 Å². The van der Waals surface area contributed by atoms with Crippen LogP contribution in [0.4, 0.5) is 11.4 Å². The number of nitrogens with zero attached hydrogens (tertiary/aromatic N) is 4. The van der Waals surface area contributed by atoms with Crippen LogP contribution in [0.3, 0.4) is 0 Å².